The first kappa shape index (κ1) is 22.8. The molecular formula is C23H17F4N5O2. The fraction of sp³-hybridized carbons (Fsp3) is 0.0870. The van der Waals surface area contributed by atoms with E-state index in [2.05, 4.69) is 20.7 Å². The topological polar surface area (TPSA) is 81.1 Å². The third-order valence-electron chi connectivity index (χ3n) is 4.60. The molecule has 0 saturated heterocycles. The number of carbonyl (C=O) groups excluding carboxylic acids is 1. The van der Waals surface area contributed by atoms with Crippen LogP contribution in [0.5, 0.6) is 11.5 Å². The molecule has 0 fully saturated rings. The third-order valence-corrected chi connectivity index (χ3v) is 4.60. The van der Waals surface area contributed by atoms with E-state index in [0.29, 0.717) is 11.4 Å². The minimum atomic E-state index is -4.55. The van der Waals surface area contributed by atoms with Crippen molar-refractivity contribution in [1.29, 1.82) is 0 Å². The average molecular weight is 471 g/mol. The molecule has 34 heavy (non-hydrogen) atoms. The Balaban J connectivity index is 1.42. The van der Waals surface area contributed by atoms with Crippen LogP contribution in [0.2, 0.25) is 0 Å². The number of alkyl halides is 3. The number of pyridine rings is 1. The highest BCUT2D eigenvalue weighted by molar-refractivity contribution is 5.99. The van der Waals surface area contributed by atoms with Crippen molar-refractivity contribution in [3.8, 4) is 22.8 Å². The van der Waals surface area contributed by atoms with E-state index in [9.17, 15) is 22.4 Å². The maximum Gasteiger partial charge on any atom is 0.416 e. The van der Waals surface area contributed by atoms with Crippen LogP contribution in [-0.2, 0) is 13.2 Å². The molecule has 11 heteroatoms. The summed E-state index contributed by atoms with van der Waals surface area (Å²) in [7, 11) is 1.78. The Morgan fingerprint density at radius 2 is 1.82 bits per heavy atom. The fourth-order valence-electron chi connectivity index (χ4n) is 3.04. The van der Waals surface area contributed by atoms with Gasteiger partial charge in [-0.15, -0.1) is 0 Å². The molecule has 174 valence electrons. The maximum absolute atomic E-state index is 14.5. The smallest absolute Gasteiger partial charge is 0.416 e. The summed E-state index contributed by atoms with van der Waals surface area (Å²) in [4.78, 5) is 16.4. The van der Waals surface area contributed by atoms with Gasteiger partial charge in [0, 0.05) is 42.8 Å². The lowest BCUT2D eigenvalue weighted by Crippen LogP contribution is -2.20. The Morgan fingerprint density at radius 1 is 1.03 bits per heavy atom. The number of rotatable bonds is 5. The SMILES string of the molecule is Cn1cc(-c2cc(Oc3ccc(NC(=O)Nc4cccc(C(F)(F)F)c4)c(F)c3)ccn2)cn1. The largest absolute Gasteiger partial charge is 0.457 e. The number of urea groups is 1. The van der Waals surface area contributed by atoms with Gasteiger partial charge >= 0.3 is 12.2 Å². The first-order valence-corrected chi connectivity index (χ1v) is 9.85. The number of nitrogens with one attached hydrogen (secondary N) is 2. The van der Waals surface area contributed by atoms with Gasteiger partial charge in [-0.2, -0.15) is 18.3 Å². The lowest BCUT2D eigenvalue weighted by Gasteiger charge is -2.12. The van der Waals surface area contributed by atoms with Crippen molar-refractivity contribution in [2.24, 2.45) is 7.05 Å². The molecule has 2 aromatic carbocycles. The number of amides is 2. The monoisotopic (exact) mass is 471 g/mol. The van der Waals surface area contributed by atoms with Crippen molar-refractivity contribution < 1.29 is 27.1 Å². The second-order valence-corrected chi connectivity index (χ2v) is 7.18. The number of benzene rings is 2. The van der Waals surface area contributed by atoms with Gasteiger partial charge in [0.05, 0.1) is 23.1 Å². The molecule has 0 bridgehead atoms. The number of anilines is 2. The zero-order valence-electron chi connectivity index (χ0n) is 17.6. The standard InChI is InChI=1S/C23H17F4N5O2/c1-32-13-14(12-29-32)21-11-18(7-8-28-21)34-17-5-6-20(19(24)10-17)31-22(33)30-16-4-2-3-15(9-16)23(25,26)27/h2-13H,1H3,(H2,30,31,33). The zero-order valence-corrected chi connectivity index (χ0v) is 17.6. The number of halogens is 4. The normalized spacial score (nSPS) is 11.2. The zero-order chi connectivity index (χ0) is 24.3. The van der Waals surface area contributed by atoms with Crippen LogP contribution in [0.25, 0.3) is 11.3 Å². The van der Waals surface area contributed by atoms with Crippen molar-refractivity contribution in [1.82, 2.24) is 14.8 Å². The number of aromatic nitrogens is 3. The van der Waals surface area contributed by atoms with E-state index in [1.165, 1.54) is 18.2 Å². The molecular weight excluding hydrogens is 454 g/mol. The van der Waals surface area contributed by atoms with Crippen LogP contribution in [0.15, 0.2) is 73.2 Å². The van der Waals surface area contributed by atoms with E-state index in [4.69, 9.17) is 4.74 Å². The average Bonchev–Trinajstić information content (AvgIpc) is 3.22. The van der Waals surface area contributed by atoms with Crippen LogP contribution in [0.4, 0.5) is 33.7 Å². The van der Waals surface area contributed by atoms with Gasteiger partial charge in [-0.25, -0.2) is 9.18 Å². The summed E-state index contributed by atoms with van der Waals surface area (Å²) in [6.45, 7) is 0. The van der Waals surface area contributed by atoms with Crippen LogP contribution in [0.3, 0.4) is 0 Å². The lowest BCUT2D eigenvalue weighted by molar-refractivity contribution is -0.137. The highest BCUT2D eigenvalue weighted by atomic mass is 19.4. The van der Waals surface area contributed by atoms with E-state index in [0.717, 1.165) is 29.8 Å². The quantitative estimate of drug-likeness (QED) is 0.346. The Labute approximate surface area is 191 Å². The van der Waals surface area contributed by atoms with E-state index in [-0.39, 0.29) is 17.1 Å². The Kier molecular flexibility index (Phi) is 6.17. The van der Waals surface area contributed by atoms with Gasteiger partial charge in [0.1, 0.15) is 17.3 Å². The molecule has 4 aromatic rings. The predicted octanol–water partition coefficient (Wildman–Crippen LogP) is 6.08. The van der Waals surface area contributed by atoms with E-state index >= 15 is 0 Å². The summed E-state index contributed by atoms with van der Waals surface area (Å²) in [5.74, 6) is -0.209. The number of ether oxygens (including phenoxy) is 1. The van der Waals surface area contributed by atoms with Gasteiger partial charge in [-0.3, -0.25) is 9.67 Å². The molecule has 0 radical (unpaired) electrons. The van der Waals surface area contributed by atoms with Gasteiger partial charge in [-0.05, 0) is 36.4 Å². The van der Waals surface area contributed by atoms with Crippen LogP contribution in [-0.4, -0.2) is 20.8 Å². The summed E-state index contributed by atoms with van der Waals surface area (Å²) in [6.07, 6.45) is 0.430. The fourth-order valence-corrected chi connectivity index (χ4v) is 3.04. The third kappa shape index (κ3) is 5.49. The molecule has 2 heterocycles. The van der Waals surface area contributed by atoms with Crippen molar-refractivity contribution in [2.75, 3.05) is 10.6 Å². The first-order valence-electron chi connectivity index (χ1n) is 9.85. The van der Waals surface area contributed by atoms with Crippen molar-refractivity contribution in [3.63, 3.8) is 0 Å². The number of nitrogens with zero attached hydrogens (tertiary/aromatic N) is 3. The highest BCUT2D eigenvalue weighted by Crippen LogP contribution is 2.31. The van der Waals surface area contributed by atoms with Gasteiger partial charge in [0.2, 0.25) is 0 Å². The molecule has 0 aliphatic carbocycles. The molecule has 2 aromatic heterocycles. The Bertz CT molecular complexity index is 1340. The van der Waals surface area contributed by atoms with Crippen molar-refractivity contribution >= 4 is 17.4 Å². The molecule has 4 rings (SSSR count). The number of carbonyl (C=O) groups is 1. The summed E-state index contributed by atoms with van der Waals surface area (Å²) in [6, 6.07) is 10.3. The molecule has 0 aliphatic heterocycles. The summed E-state index contributed by atoms with van der Waals surface area (Å²) in [5.41, 5.74) is 0.222. The minimum absolute atomic E-state index is 0.0882. The second-order valence-electron chi connectivity index (χ2n) is 7.18. The first-order chi connectivity index (χ1) is 16.2. The van der Waals surface area contributed by atoms with Crippen LogP contribution >= 0.6 is 0 Å². The van der Waals surface area contributed by atoms with Gasteiger partial charge in [0.15, 0.2) is 0 Å². The van der Waals surface area contributed by atoms with Gasteiger partial charge in [0.25, 0.3) is 0 Å². The number of aryl methyl sites for hydroxylation is 1. The minimum Gasteiger partial charge on any atom is -0.457 e. The van der Waals surface area contributed by atoms with Crippen molar-refractivity contribution in [3.05, 3.63) is 84.6 Å². The van der Waals surface area contributed by atoms with E-state index < -0.39 is 23.6 Å². The Morgan fingerprint density at radius 3 is 2.53 bits per heavy atom. The molecule has 0 spiro atoms. The molecule has 7 nitrogen and oxygen atoms in total. The van der Waals surface area contributed by atoms with Crippen LogP contribution in [0.1, 0.15) is 5.56 Å². The maximum atomic E-state index is 14.5. The molecule has 0 atom stereocenters. The molecule has 2 amide bonds. The molecule has 0 unspecified atom stereocenters. The van der Waals surface area contributed by atoms with Gasteiger partial charge < -0.3 is 15.4 Å². The van der Waals surface area contributed by atoms with Gasteiger partial charge in [-0.1, -0.05) is 6.07 Å². The second kappa shape index (κ2) is 9.22. The molecule has 2 N–H and O–H groups in total. The molecule has 0 saturated carbocycles. The number of hydrogen-bond donors (Lipinski definition) is 2. The number of hydrogen-bond acceptors (Lipinski definition) is 4. The van der Waals surface area contributed by atoms with E-state index in [1.54, 1.807) is 42.5 Å². The van der Waals surface area contributed by atoms with Crippen molar-refractivity contribution in [2.45, 2.75) is 6.18 Å². The van der Waals surface area contributed by atoms with Crippen LogP contribution in [0, 0.1) is 5.82 Å². The summed E-state index contributed by atoms with van der Waals surface area (Å²) < 4.78 is 60.3. The predicted molar refractivity (Wildman–Crippen MR) is 117 cm³/mol. The van der Waals surface area contributed by atoms with E-state index in [1.807, 2.05) is 0 Å². The summed E-state index contributed by atoms with van der Waals surface area (Å²) in [5, 5.41) is 8.60. The lowest BCUT2D eigenvalue weighted by atomic mass is 10.2. The molecule has 0 aliphatic rings. The highest BCUT2D eigenvalue weighted by Gasteiger charge is 2.30. The summed E-state index contributed by atoms with van der Waals surface area (Å²) >= 11 is 0. The Hall–Kier alpha value is -4.41. The van der Waals surface area contributed by atoms with Crippen LogP contribution < -0.4 is 15.4 Å².